The molecule has 3 aromatic rings. The molecule has 0 saturated heterocycles. The van der Waals surface area contributed by atoms with Gasteiger partial charge in [-0.15, -0.1) is 0 Å². The van der Waals surface area contributed by atoms with Crippen molar-refractivity contribution in [3.63, 3.8) is 0 Å². The zero-order valence-corrected chi connectivity index (χ0v) is 17.7. The van der Waals surface area contributed by atoms with E-state index in [0.717, 1.165) is 16.7 Å². The summed E-state index contributed by atoms with van der Waals surface area (Å²) < 4.78 is 25.0. The van der Waals surface area contributed by atoms with E-state index >= 15 is 0 Å². The summed E-state index contributed by atoms with van der Waals surface area (Å²) in [7, 11) is 0. The first kappa shape index (κ1) is 20.8. The Morgan fingerprint density at radius 1 is 1.15 bits per heavy atom. The van der Waals surface area contributed by atoms with Crippen LogP contribution in [0.2, 0.25) is 0 Å². The Hall–Kier alpha value is -4.04. The van der Waals surface area contributed by atoms with E-state index in [-0.39, 0.29) is 23.0 Å². The van der Waals surface area contributed by atoms with Gasteiger partial charge in [0.15, 0.2) is 5.76 Å². The lowest BCUT2D eigenvalue weighted by Gasteiger charge is -2.30. The van der Waals surface area contributed by atoms with E-state index in [4.69, 9.17) is 9.47 Å². The molecule has 33 heavy (non-hydrogen) atoms. The van der Waals surface area contributed by atoms with Crippen molar-refractivity contribution in [2.45, 2.75) is 20.0 Å². The number of halogens is 1. The van der Waals surface area contributed by atoms with Crippen molar-refractivity contribution in [3.05, 3.63) is 104 Å². The Labute approximate surface area is 188 Å². The van der Waals surface area contributed by atoms with Crippen molar-refractivity contribution in [1.82, 2.24) is 4.90 Å². The zero-order chi connectivity index (χ0) is 23.1. The number of nitro benzene ring substituents is 1. The van der Waals surface area contributed by atoms with Crippen LogP contribution in [0, 0.1) is 22.9 Å². The molecule has 166 valence electrons. The molecule has 0 spiro atoms. The van der Waals surface area contributed by atoms with E-state index in [0.29, 0.717) is 42.4 Å². The van der Waals surface area contributed by atoms with Crippen molar-refractivity contribution in [2.75, 3.05) is 6.73 Å². The molecule has 0 amide bonds. The van der Waals surface area contributed by atoms with Crippen molar-refractivity contribution >= 4 is 17.5 Å². The van der Waals surface area contributed by atoms with Gasteiger partial charge in [-0.2, -0.15) is 0 Å². The number of ketones is 1. The van der Waals surface area contributed by atoms with E-state index in [1.807, 2.05) is 6.92 Å². The molecule has 0 fully saturated rings. The molecule has 7 nitrogen and oxygen atoms in total. The van der Waals surface area contributed by atoms with Gasteiger partial charge in [0.2, 0.25) is 5.78 Å². The molecule has 0 aliphatic carbocycles. The smallest absolute Gasteiger partial charge is 0.270 e. The second-order valence-corrected chi connectivity index (χ2v) is 8.05. The number of ether oxygens (including phenoxy) is 2. The minimum absolute atomic E-state index is 0.0615. The van der Waals surface area contributed by atoms with E-state index in [9.17, 15) is 19.3 Å². The van der Waals surface area contributed by atoms with Gasteiger partial charge in [-0.3, -0.25) is 19.8 Å². The van der Waals surface area contributed by atoms with Crippen molar-refractivity contribution in [3.8, 4) is 11.5 Å². The Morgan fingerprint density at radius 2 is 1.94 bits per heavy atom. The minimum atomic E-state index is -0.485. The first-order valence-corrected chi connectivity index (χ1v) is 10.3. The highest BCUT2D eigenvalue weighted by atomic mass is 19.1. The molecule has 0 N–H and O–H groups in total. The molecule has 0 unspecified atom stereocenters. The second-order valence-electron chi connectivity index (χ2n) is 8.05. The molecule has 0 bridgehead atoms. The van der Waals surface area contributed by atoms with Crippen LogP contribution in [-0.2, 0) is 13.1 Å². The molecular formula is C25H19FN2O5. The highest BCUT2D eigenvalue weighted by Crippen LogP contribution is 2.43. The van der Waals surface area contributed by atoms with Crippen LogP contribution < -0.4 is 9.47 Å². The number of benzene rings is 3. The molecule has 3 aromatic carbocycles. The van der Waals surface area contributed by atoms with Crippen LogP contribution in [0.4, 0.5) is 10.1 Å². The Bertz CT molecular complexity index is 1320. The Morgan fingerprint density at radius 3 is 2.70 bits per heavy atom. The number of fused-ring (bicyclic) bond motifs is 2. The molecule has 0 radical (unpaired) electrons. The van der Waals surface area contributed by atoms with Gasteiger partial charge in [-0.25, -0.2) is 4.39 Å². The minimum Gasteiger partial charge on any atom is -0.477 e. The fraction of sp³-hybridized carbons (Fsp3) is 0.160. The number of hydrogen-bond donors (Lipinski definition) is 0. The summed E-state index contributed by atoms with van der Waals surface area (Å²) in [5.74, 6) is 0.686. The third-order valence-corrected chi connectivity index (χ3v) is 5.70. The van der Waals surface area contributed by atoms with Crippen LogP contribution in [-0.4, -0.2) is 22.3 Å². The van der Waals surface area contributed by atoms with E-state index in [1.165, 1.54) is 30.3 Å². The van der Waals surface area contributed by atoms with Gasteiger partial charge < -0.3 is 9.47 Å². The fourth-order valence-electron chi connectivity index (χ4n) is 4.13. The summed E-state index contributed by atoms with van der Waals surface area (Å²) in [6.07, 6.45) is 1.51. The number of rotatable bonds is 4. The predicted octanol–water partition coefficient (Wildman–Crippen LogP) is 5.01. The van der Waals surface area contributed by atoms with Crippen LogP contribution in [0.25, 0.3) is 6.08 Å². The van der Waals surface area contributed by atoms with Crippen molar-refractivity contribution in [1.29, 1.82) is 0 Å². The molecule has 0 atom stereocenters. The summed E-state index contributed by atoms with van der Waals surface area (Å²) in [4.78, 5) is 25.7. The fourth-order valence-corrected chi connectivity index (χ4v) is 4.13. The largest absolute Gasteiger partial charge is 0.477 e. The Kier molecular flexibility index (Phi) is 5.14. The summed E-state index contributed by atoms with van der Waals surface area (Å²) in [6.45, 7) is 3.35. The van der Waals surface area contributed by atoms with Crippen molar-refractivity contribution in [2.24, 2.45) is 0 Å². The zero-order valence-electron chi connectivity index (χ0n) is 17.7. The lowest BCUT2D eigenvalue weighted by molar-refractivity contribution is -0.384. The SMILES string of the molecule is Cc1c2c(cc3c1O/C(=C\c1cccc([N+](=O)[O-])c1)C3=O)CN(Cc1ccc(F)cc1)CO2. The molecule has 2 aliphatic heterocycles. The third-order valence-electron chi connectivity index (χ3n) is 5.70. The first-order chi connectivity index (χ1) is 15.9. The maximum atomic E-state index is 13.2. The molecule has 2 aliphatic rings. The molecule has 5 rings (SSSR count). The number of carbonyl (C=O) groups excluding carboxylic acids is 1. The average Bonchev–Trinajstić information content (AvgIpc) is 3.11. The van der Waals surface area contributed by atoms with E-state index < -0.39 is 4.92 Å². The number of nitro groups is 1. The van der Waals surface area contributed by atoms with Crippen LogP contribution in [0.1, 0.15) is 32.6 Å². The monoisotopic (exact) mass is 446 g/mol. The molecule has 0 aromatic heterocycles. The number of Topliss-reactive ketones (excluding diaryl/α,β-unsaturated/α-hetero) is 1. The quantitative estimate of drug-likeness (QED) is 0.318. The highest BCUT2D eigenvalue weighted by molar-refractivity contribution is 6.15. The molecular weight excluding hydrogens is 427 g/mol. The van der Waals surface area contributed by atoms with Crippen LogP contribution in [0.15, 0.2) is 60.4 Å². The average molecular weight is 446 g/mol. The summed E-state index contributed by atoms with van der Waals surface area (Å²) >= 11 is 0. The Balaban J connectivity index is 1.41. The van der Waals surface area contributed by atoms with Gasteiger partial charge in [0.1, 0.15) is 24.0 Å². The van der Waals surface area contributed by atoms with Crippen LogP contribution in [0.5, 0.6) is 11.5 Å². The number of nitrogens with zero attached hydrogens (tertiary/aromatic N) is 2. The lowest BCUT2D eigenvalue weighted by Crippen LogP contribution is -2.32. The maximum absolute atomic E-state index is 13.2. The number of non-ortho nitro benzene ring substituents is 1. The van der Waals surface area contributed by atoms with Gasteiger partial charge in [0, 0.05) is 36.3 Å². The van der Waals surface area contributed by atoms with Gasteiger partial charge in [0.05, 0.1) is 10.5 Å². The first-order valence-electron chi connectivity index (χ1n) is 10.3. The predicted molar refractivity (Wildman–Crippen MR) is 118 cm³/mol. The summed E-state index contributed by atoms with van der Waals surface area (Å²) in [5, 5.41) is 11.0. The molecule has 2 heterocycles. The van der Waals surface area contributed by atoms with E-state index in [2.05, 4.69) is 4.90 Å². The molecule has 0 saturated carbocycles. The van der Waals surface area contributed by atoms with Crippen molar-refractivity contribution < 1.29 is 23.6 Å². The highest BCUT2D eigenvalue weighted by Gasteiger charge is 2.33. The standard InChI is InChI=1S/C25H19FN2O5/c1-15-24-18(13-27(14-32-24)12-16-5-7-19(26)8-6-16)11-21-23(29)22(33-25(15)21)10-17-3-2-4-20(9-17)28(30)31/h2-11H,12-14H2,1H3/b22-10-. The maximum Gasteiger partial charge on any atom is 0.270 e. The number of allylic oxidation sites excluding steroid dienone is 1. The number of carbonyl (C=O) groups is 1. The summed E-state index contributed by atoms with van der Waals surface area (Å²) in [5.41, 5.74) is 3.45. The number of hydrogen-bond acceptors (Lipinski definition) is 6. The normalized spacial score (nSPS) is 16.2. The van der Waals surface area contributed by atoms with Gasteiger partial charge in [-0.1, -0.05) is 24.3 Å². The lowest BCUT2D eigenvalue weighted by atomic mass is 10.00. The second kappa shape index (κ2) is 8.14. The summed E-state index contributed by atoms with van der Waals surface area (Å²) in [6, 6.07) is 14.1. The molecule has 8 heteroatoms. The van der Waals surface area contributed by atoms with Crippen LogP contribution in [0.3, 0.4) is 0 Å². The third kappa shape index (κ3) is 3.96. The van der Waals surface area contributed by atoms with Crippen LogP contribution >= 0.6 is 0 Å². The topological polar surface area (TPSA) is 81.9 Å². The van der Waals surface area contributed by atoms with E-state index in [1.54, 1.807) is 30.3 Å². The van der Waals surface area contributed by atoms with Gasteiger partial charge in [0.25, 0.3) is 5.69 Å². The van der Waals surface area contributed by atoms with Gasteiger partial charge in [-0.05, 0) is 42.3 Å². The van der Waals surface area contributed by atoms with Gasteiger partial charge >= 0.3 is 0 Å².